The Morgan fingerprint density at radius 2 is 1.61 bits per heavy atom. The van der Waals surface area contributed by atoms with Gasteiger partial charge >= 0.3 is 0 Å². The molecule has 2 heteroatoms. The predicted molar refractivity (Wildman–Crippen MR) is 79.5 cm³/mol. The van der Waals surface area contributed by atoms with E-state index in [4.69, 9.17) is 4.74 Å². The summed E-state index contributed by atoms with van der Waals surface area (Å²) in [5.74, 6) is 0. The minimum absolute atomic E-state index is 0.324. The summed E-state index contributed by atoms with van der Waals surface area (Å²) in [4.78, 5) is 2.44. The molecule has 0 N–H and O–H groups in total. The molecule has 1 aliphatic heterocycles. The Morgan fingerprint density at radius 1 is 1.06 bits per heavy atom. The van der Waals surface area contributed by atoms with Gasteiger partial charge in [0.05, 0.1) is 12.2 Å². The van der Waals surface area contributed by atoms with E-state index in [9.17, 15) is 0 Å². The van der Waals surface area contributed by atoms with Crippen LogP contribution in [-0.4, -0.2) is 25.3 Å². The quantitative estimate of drug-likeness (QED) is 0.747. The molecule has 0 bridgehead atoms. The molecule has 1 aromatic carbocycles. The van der Waals surface area contributed by atoms with Gasteiger partial charge < -0.3 is 9.64 Å². The maximum atomic E-state index is 5.76. The van der Waals surface area contributed by atoms with Crippen molar-refractivity contribution >= 4 is 5.69 Å². The molecule has 1 saturated heterocycles. The van der Waals surface area contributed by atoms with E-state index in [1.165, 1.54) is 16.8 Å². The molecule has 2 atom stereocenters. The molecule has 0 saturated carbocycles. The maximum Gasteiger partial charge on any atom is 0.0726 e. The number of anilines is 1. The molecule has 1 fully saturated rings. The highest BCUT2D eigenvalue weighted by Crippen LogP contribution is 2.24. The molecule has 2 rings (SSSR count). The topological polar surface area (TPSA) is 12.5 Å². The molecular formula is C16H27NO. The molecule has 2 nitrogen and oxygen atoms in total. The van der Waals surface area contributed by atoms with Gasteiger partial charge in [-0.25, -0.2) is 0 Å². The molecule has 18 heavy (non-hydrogen) atoms. The summed E-state index contributed by atoms with van der Waals surface area (Å²) >= 11 is 0. The summed E-state index contributed by atoms with van der Waals surface area (Å²) in [6.07, 6.45) is 0.647. The number of morpholine rings is 1. The van der Waals surface area contributed by atoms with E-state index in [1.807, 2.05) is 13.8 Å². The summed E-state index contributed by atoms with van der Waals surface area (Å²) < 4.78 is 5.76. The van der Waals surface area contributed by atoms with Crippen LogP contribution in [0.4, 0.5) is 5.69 Å². The van der Waals surface area contributed by atoms with Crippen LogP contribution in [0.5, 0.6) is 0 Å². The highest BCUT2D eigenvalue weighted by molar-refractivity contribution is 5.54. The van der Waals surface area contributed by atoms with Crippen molar-refractivity contribution in [2.45, 2.75) is 53.8 Å². The lowest BCUT2D eigenvalue weighted by Gasteiger charge is -2.37. The largest absolute Gasteiger partial charge is 0.372 e. The van der Waals surface area contributed by atoms with Crippen LogP contribution < -0.4 is 4.90 Å². The van der Waals surface area contributed by atoms with Crippen molar-refractivity contribution in [1.29, 1.82) is 0 Å². The first kappa shape index (κ1) is 15.0. The van der Waals surface area contributed by atoms with E-state index in [1.54, 1.807) is 0 Å². The van der Waals surface area contributed by atoms with Crippen LogP contribution in [0.1, 0.15) is 38.8 Å². The average molecular weight is 249 g/mol. The van der Waals surface area contributed by atoms with Crippen LogP contribution >= 0.6 is 0 Å². The predicted octanol–water partition coefficient (Wildman–Crippen LogP) is 3.94. The molecule has 0 aliphatic carbocycles. The third kappa shape index (κ3) is 3.74. The third-order valence-corrected chi connectivity index (χ3v) is 3.11. The second-order valence-corrected chi connectivity index (χ2v) is 4.95. The molecule has 0 amide bonds. The van der Waals surface area contributed by atoms with Gasteiger partial charge in [-0.1, -0.05) is 31.5 Å². The van der Waals surface area contributed by atoms with Gasteiger partial charge in [-0.15, -0.1) is 0 Å². The zero-order valence-electron chi connectivity index (χ0n) is 12.7. The van der Waals surface area contributed by atoms with E-state index in [0.717, 1.165) is 13.1 Å². The number of nitrogens with zero attached hydrogens (tertiary/aromatic N) is 1. The standard InChI is InChI=1S/C14H21NO.C2H6/c1-10-5-6-14(11(2)7-10)15-8-12(3)16-13(4)9-15;1-2/h5-7,12-13H,8-9H2,1-4H3;1-2H3/t12-,13+;. The first-order valence-corrected chi connectivity index (χ1v) is 7.04. The van der Waals surface area contributed by atoms with Crippen molar-refractivity contribution in [2.24, 2.45) is 0 Å². The summed E-state index contributed by atoms with van der Waals surface area (Å²) in [5.41, 5.74) is 4.05. The second kappa shape index (κ2) is 6.79. The zero-order valence-corrected chi connectivity index (χ0v) is 12.7. The average Bonchev–Trinajstić information content (AvgIpc) is 2.30. The molecule has 1 aliphatic rings. The summed E-state index contributed by atoms with van der Waals surface area (Å²) in [7, 11) is 0. The molecule has 0 aromatic heterocycles. The first-order chi connectivity index (χ1) is 8.56. The van der Waals surface area contributed by atoms with Crippen molar-refractivity contribution in [1.82, 2.24) is 0 Å². The fraction of sp³-hybridized carbons (Fsp3) is 0.625. The first-order valence-electron chi connectivity index (χ1n) is 7.04. The smallest absolute Gasteiger partial charge is 0.0726 e. The van der Waals surface area contributed by atoms with Gasteiger partial charge in [0.2, 0.25) is 0 Å². The van der Waals surface area contributed by atoms with Crippen LogP contribution in [0.25, 0.3) is 0 Å². The Hall–Kier alpha value is -1.02. The highest BCUT2D eigenvalue weighted by atomic mass is 16.5. The fourth-order valence-corrected chi connectivity index (χ4v) is 2.53. The molecule has 0 radical (unpaired) electrons. The lowest BCUT2D eigenvalue weighted by Crippen LogP contribution is -2.45. The second-order valence-electron chi connectivity index (χ2n) is 4.95. The third-order valence-electron chi connectivity index (χ3n) is 3.11. The molecule has 1 aromatic rings. The van der Waals surface area contributed by atoms with Crippen LogP contribution in [0.2, 0.25) is 0 Å². The summed E-state index contributed by atoms with van der Waals surface area (Å²) in [5, 5.41) is 0. The minimum Gasteiger partial charge on any atom is -0.372 e. The number of rotatable bonds is 1. The Bertz CT molecular complexity index is 365. The van der Waals surface area contributed by atoms with Gasteiger partial charge in [0.15, 0.2) is 0 Å². The van der Waals surface area contributed by atoms with Gasteiger partial charge in [-0.3, -0.25) is 0 Å². The SMILES string of the molecule is CC.Cc1ccc(N2C[C@@H](C)O[C@@H](C)C2)c(C)c1. The van der Waals surface area contributed by atoms with Crippen LogP contribution in [-0.2, 0) is 4.74 Å². The zero-order chi connectivity index (χ0) is 13.7. The molecule has 0 spiro atoms. The molecule has 1 heterocycles. The van der Waals surface area contributed by atoms with Crippen molar-refractivity contribution in [2.75, 3.05) is 18.0 Å². The lowest BCUT2D eigenvalue weighted by atomic mass is 10.1. The Morgan fingerprint density at radius 3 is 2.11 bits per heavy atom. The van der Waals surface area contributed by atoms with E-state index < -0.39 is 0 Å². The van der Waals surface area contributed by atoms with Gasteiger partial charge in [0.25, 0.3) is 0 Å². The fourth-order valence-electron chi connectivity index (χ4n) is 2.53. The van der Waals surface area contributed by atoms with E-state index in [2.05, 4.69) is 50.8 Å². The van der Waals surface area contributed by atoms with Gasteiger partial charge in [-0.05, 0) is 39.3 Å². The van der Waals surface area contributed by atoms with Crippen LogP contribution in [0, 0.1) is 13.8 Å². The summed E-state index contributed by atoms with van der Waals surface area (Å²) in [6, 6.07) is 6.67. The van der Waals surface area contributed by atoms with Crippen LogP contribution in [0.15, 0.2) is 18.2 Å². The molecule has 0 unspecified atom stereocenters. The van der Waals surface area contributed by atoms with Crippen molar-refractivity contribution in [3.05, 3.63) is 29.3 Å². The molecular weight excluding hydrogens is 222 g/mol. The van der Waals surface area contributed by atoms with Crippen molar-refractivity contribution in [3.63, 3.8) is 0 Å². The molecule has 102 valence electrons. The monoisotopic (exact) mass is 249 g/mol. The Balaban J connectivity index is 0.000000771. The Kier molecular flexibility index (Phi) is 5.67. The minimum atomic E-state index is 0.324. The highest BCUT2D eigenvalue weighted by Gasteiger charge is 2.23. The number of hydrogen-bond donors (Lipinski definition) is 0. The van der Waals surface area contributed by atoms with Gasteiger partial charge in [0.1, 0.15) is 0 Å². The Labute approximate surface area is 112 Å². The van der Waals surface area contributed by atoms with Crippen molar-refractivity contribution < 1.29 is 4.74 Å². The lowest BCUT2D eigenvalue weighted by molar-refractivity contribution is -0.00524. The van der Waals surface area contributed by atoms with E-state index in [0.29, 0.717) is 12.2 Å². The van der Waals surface area contributed by atoms with Crippen molar-refractivity contribution in [3.8, 4) is 0 Å². The number of hydrogen-bond acceptors (Lipinski definition) is 2. The maximum absolute atomic E-state index is 5.76. The van der Waals surface area contributed by atoms with E-state index in [-0.39, 0.29) is 0 Å². The van der Waals surface area contributed by atoms with Gasteiger partial charge in [0, 0.05) is 18.8 Å². The van der Waals surface area contributed by atoms with Gasteiger partial charge in [-0.2, -0.15) is 0 Å². The van der Waals surface area contributed by atoms with Crippen LogP contribution in [0.3, 0.4) is 0 Å². The summed E-state index contributed by atoms with van der Waals surface area (Å²) in [6.45, 7) is 14.6. The number of ether oxygens (including phenoxy) is 1. The van der Waals surface area contributed by atoms with E-state index >= 15 is 0 Å². The number of aryl methyl sites for hydroxylation is 2. The number of benzene rings is 1. The normalized spacial score (nSPS) is 23.3.